The molecule has 0 radical (unpaired) electrons. The van der Waals surface area contributed by atoms with E-state index in [1.165, 1.54) is 0 Å². The van der Waals surface area contributed by atoms with Gasteiger partial charge in [0.15, 0.2) is 9.84 Å². The number of hydrogen-bond donors (Lipinski definition) is 1. The fourth-order valence-electron chi connectivity index (χ4n) is 2.76. The van der Waals surface area contributed by atoms with Crippen molar-refractivity contribution in [2.75, 3.05) is 24.6 Å². The lowest BCUT2D eigenvalue weighted by Gasteiger charge is -2.39. The summed E-state index contributed by atoms with van der Waals surface area (Å²) in [6.45, 7) is 3.93. The van der Waals surface area contributed by atoms with Gasteiger partial charge in [-0.25, -0.2) is 8.42 Å². The second kappa shape index (κ2) is 5.56. The molecule has 5 nitrogen and oxygen atoms in total. The SMILES string of the molecule is CCN(Cc1ccncc1)C1(CN)CCS(=O)(=O)C1. The predicted octanol–water partition coefficient (Wildman–Crippen LogP) is 0.420. The number of hydrogen-bond acceptors (Lipinski definition) is 5. The molecule has 19 heavy (non-hydrogen) atoms. The van der Waals surface area contributed by atoms with E-state index in [0.29, 0.717) is 19.5 Å². The minimum absolute atomic E-state index is 0.176. The Hall–Kier alpha value is -0.980. The molecule has 1 atom stereocenters. The summed E-state index contributed by atoms with van der Waals surface area (Å²) < 4.78 is 23.6. The fraction of sp³-hybridized carbons (Fsp3) is 0.615. The average Bonchev–Trinajstić information content (AvgIpc) is 2.74. The number of sulfone groups is 1. The van der Waals surface area contributed by atoms with Crippen LogP contribution in [0.5, 0.6) is 0 Å². The Labute approximate surface area is 114 Å². The van der Waals surface area contributed by atoms with Gasteiger partial charge in [0.1, 0.15) is 0 Å². The molecule has 1 aliphatic rings. The summed E-state index contributed by atoms with van der Waals surface area (Å²) in [6, 6.07) is 3.91. The molecule has 1 fully saturated rings. The van der Waals surface area contributed by atoms with E-state index >= 15 is 0 Å². The highest BCUT2D eigenvalue weighted by molar-refractivity contribution is 7.91. The quantitative estimate of drug-likeness (QED) is 0.847. The van der Waals surface area contributed by atoms with Crippen LogP contribution in [0.1, 0.15) is 18.9 Å². The highest BCUT2D eigenvalue weighted by Crippen LogP contribution is 2.30. The second-order valence-corrected chi connectivity index (χ2v) is 7.32. The molecule has 0 bridgehead atoms. The van der Waals surface area contributed by atoms with Crippen molar-refractivity contribution in [3.63, 3.8) is 0 Å². The van der Waals surface area contributed by atoms with Crippen molar-refractivity contribution in [1.29, 1.82) is 0 Å². The van der Waals surface area contributed by atoms with E-state index < -0.39 is 15.4 Å². The summed E-state index contributed by atoms with van der Waals surface area (Å²) in [5, 5.41) is 0. The second-order valence-electron chi connectivity index (χ2n) is 5.14. The minimum atomic E-state index is -2.95. The van der Waals surface area contributed by atoms with Crippen LogP contribution in [0.15, 0.2) is 24.5 Å². The van der Waals surface area contributed by atoms with E-state index in [2.05, 4.69) is 9.88 Å². The van der Waals surface area contributed by atoms with Crippen molar-refractivity contribution in [2.24, 2.45) is 5.73 Å². The Balaban J connectivity index is 2.21. The van der Waals surface area contributed by atoms with Crippen LogP contribution in [0.25, 0.3) is 0 Å². The van der Waals surface area contributed by atoms with Gasteiger partial charge in [0.05, 0.1) is 11.5 Å². The third-order valence-electron chi connectivity index (χ3n) is 3.92. The van der Waals surface area contributed by atoms with Crippen molar-refractivity contribution in [3.05, 3.63) is 30.1 Å². The standard InChI is InChI=1S/C13H21N3O2S/c1-2-16(9-12-3-6-15-7-4-12)13(10-14)5-8-19(17,18)11-13/h3-4,6-7H,2,5,8-11,14H2,1H3. The first-order valence-corrected chi connectivity index (χ1v) is 8.38. The van der Waals surface area contributed by atoms with Gasteiger partial charge in [-0.2, -0.15) is 0 Å². The van der Waals surface area contributed by atoms with Crippen molar-refractivity contribution < 1.29 is 8.42 Å². The number of pyridine rings is 1. The molecule has 0 aliphatic carbocycles. The van der Waals surface area contributed by atoms with Gasteiger partial charge in [-0.15, -0.1) is 0 Å². The molecule has 0 amide bonds. The molecule has 0 saturated carbocycles. The molecule has 1 saturated heterocycles. The van der Waals surface area contributed by atoms with E-state index in [1.54, 1.807) is 12.4 Å². The summed E-state index contributed by atoms with van der Waals surface area (Å²) in [5.74, 6) is 0.423. The average molecular weight is 283 g/mol. The Morgan fingerprint density at radius 1 is 1.42 bits per heavy atom. The predicted molar refractivity (Wildman–Crippen MR) is 75.4 cm³/mol. The van der Waals surface area contributed by atoms with Crippen LogP contribution >= 0.6 is 0 Å². The van der Waals surface area contributed by atoms with Gasteiger partial charge in [0.25, 0.3) is 0 Å². The minimum Gasteiger partial charge on any atom is -0.329 e. The maximum atomic E-state index is 11.8. The third kappa shape index (κ3) is 3.13. The molecule has 2 N–H and O–H groups in total. The van der Waals surface area contributed by atoms with Crippen molar-refractivity contribution in [2.45, 2.75) is 25.4 Å². The van der Waals surface area contributed by atoms with E-state index in [9.17, 15) is 8.42 Å². The van der Waals surface area contributed by atoms with Gasteiger partial charge in [0.2, 0.25) is 0 Å². The Morgan fingerprint density at radius 3 is 2.58 bits per heavy atom. The summed E-state index contributed by atoms with van der Waals surface area (Å²) in [5.41, 5.74) is 6.63. The third-order valence-corrected chi connectivity index (χ3v) is 5.73. The zero-order valence-electron chi connectivity index (χ0n) is 11.2. The molecular formula is C13H21N3O2S. The molecular weight excluding hydrogens is 262 g/mol. The number of aromatic nitrogens is 1. The molecule has 6 heteroatoms. The normalized spacial score (nSPS) is 25.8. The molecule has 1 unspecified atom stereocenters. The van der Waals surface area contributed by atoms with Crippen molar-refractivity contribution in [3.8, 4) is 0 Å². The van der Waals surface area contributed by atoms with Crippen molar-refractivity contribution in [1.82, 2.24) is 9.88 Å². The van der Waals surface area contributed by atoms with E-state index in [0.717, 1.165) is 12.1 Å². The lowest BCUT2D eigenvalue weighted by atomic mass is 9.95. The van der Waals surface area contributed by atoms with Gasteiger partial charge < -0.3 is 5.73 Å². The number of likely N-dealkylation sites (N-methyl/N-ethyl adjacent to an activating group) is 1. The molecule has 0 aromatic carbocycles. The number of nitrogens with two attached hydrogens (primary N) is 1. The van der Waals surface area contributed by atoms with Crippen LogP contribution in [0, 0.1) is 0 Å². The monoisotopic (exact) mass is 283 g/mol. The Morgan fingerprint density at radius 2 is 2.11 bits per heavy atom. The smallest absolute Gasteiger partial charge is 0.152 e. The van der Waals surface area contributed by atoms with E-state index in [-0.39, 0.29) is 11.5 Å². The molecule has 1 aromatic rings. The number of rotatable bonds is 5. The van der Waals surface area contributed by atoms with Crippen LogP contribution in [0.3, 0.4) is 0 Å². The summed E-state index contributed by atoms with van der Waals surface area (Å²) in [4.78, 5) is 6.18. The molecule has 0 spiro atoms. The van der Waals surface area contributed by atoms with Gasteiger partial charge >= 0.3 is 0 Å². The molecule has 1 aliphatic heterocycles. The maximum Gasteiger partial charge on any atom is 0.152 e. The first-order chi connectivity index (χ1) is 9.01. The van der Waals surface area contributed by atoms with Crippen LogP contribution in [0.2, 0.25) is 0 Å². The van der Waals surface area contributed by atoms with Gasteiger partial charge in [-0.3, -0.25) is 9.88 Å². The molecule has 106 valence electrons. The summed E-state index contributed by atoms with van der Waals surface area (Å²) >= 11 is 0. The topological polar surface area (TPSA) is 76.3 Å². The lowest BCUT2D eigenvalue weighted by Crippen LogP contribution is -2.54. The van der Waals surface area contributed by atoms with Gasteiger partial charge in [-0.05, 0) is 30.7 Å². The zero-order valence-corrected chi connectivity index (χ0v) is 12.1. The number of nitrogens with zero attached hydrogens (tertiary/aromatic N) is 2. The zero-order chi connectivity index (χ0) is 13.9. The maximum absolute atomic E-state index is 11.8. The van der Waals surface area contributed by atoms with Crippen LogP contribution in [-0.2, 0) is 16.4 Å². The molecule has 2 rings (SSSR count). The highest BCUT2D eigenvalue weighted by Gasteiger charge is 2.44. The van der Waals surface area contributed by atoms with Crippen LogP contribution in [-0.4, -0.2) is 48.4 Å². The summed E-state index contributed by atoms with van der Waals surface area (Å²) in [6.07, 6.45) is 4.14. The van der Waals surface area contributed by atoms with Crippen LogP contribution < -0.4 is 5.73 Å². The lowest BCUT2D eigenvalue weighted by molar-refractivity contribution is 0.114. The van der Waals surface area contributed by atoms with Gasteiger partial charge in [0, 0.05) is 31.0 Å². The first-order valence-electron chi connectivity index (χ1n) is 6.56. The highest BCUT2D eigenvalue weighted by atomic mass is 32.2. The van der Waals surface area contributed by atoms with Crippen LogP contribution in [0.4, 0.5) is 0 Å². The molecule has 1 aromatic heterocycles. The Kier molecular flexibility index (Phi) is 4.23. The fourth-order valence-corrected chi connectivity index (χ4v) is 4.86. The van der Waals surface area contributed by atoms with Crippen molar-refractivity contribution >= 4 is 9.84 Å². The largest absolute Gasteiger partial charge is 0.329 e. The Bertz CT molecular complexity index is 518. The molecule has 2 heterocycles. The first kappa shape index (κ1) is 14.4. The summed E-state index contributed by atoms with van der Waals surface area (Å²) in [7, 11) is -2.95. The van der Waals surface area contributed by atoms with E-state index in [4.69, 9.17) is 5.73 Å². The van der Waals surface area contributed by atoms with E-state index in [1.807, 2.05) is 19.1 Å². The van der Waals surface area contributed by atoms with Gasteiger partial charge in [-0.1, -0.05) is 6.92 Å².